The van der Waals surface area contributed by atoms with Crippen molar-refractivity contribution in [3.63, 3.8) is 0 Å². The van der Waals surface area contributed by atoms with Gasteiger partial charge in [-0.05, 0) is 57.8 Å². The lowest BCUT2D eigenvalue weighted by molar-refractivity contribution is 0.161. The maximum atomic E-state index is 6.21. The Morgan fingerprint density at radius 1 is 1.14 bits per heavy atom. The zero-order valence-electron chi connectivity index (χ0n) is 21.9. The second-order valence-electron chi connectivity index (χ2n) is 9.94. The number of ether oxygens (including phenoxy) is 1. The molecule has 0 spiro atoms. The molecule has 1 aliphatic heterocycles. The van der Waals surface area contributed by atoms with Crippen LogP contribution in [0.1, 0.15) is 69.2 Å². The van der Waals surface area contributed by atoms with Crippen LogP contribution in [-0.2, 0) is 6.42 Å². The normalized spacial score (nSPS) is 15.0. The molecule has 0 aromatic carbocycles. The van der Waals surface area contributed by atoms with Crippen LogP contribution in [0, 0.1) is 6.92 Å². The highest BCUT2D eigenvalue weighted by Gasteiger charge is 2.22. The van der Waals surface area contributed by atoms with E-state index in [0.29, 0.717) is 29.9 Å². The van der Waals surface area contributed by atoms with Gasteiger partial charge >= 0.3 is 6.01 Å². The summed E-state index contributed by atoms with van der Waals surface area (Å²) in [5.74, 6) is 1.42. The first kappa shape index (κ1) is 25.2. The Morgan fingerprint density at radius 2 is 1.86 bits per heavy atom. The first-order valence-corrected chi connectivity index (χ1v) is 12.9. The summed E-state index contributed by atoms with van der Waals surface area (Å²) in [5, 5.41) is 4.53. The summed E-state index contributed by atoms with van der Waals surface area (Å²) in [7, 11) is 4.33. The van der Waals surface area contributed by atoms with Gasteiger partial charge in [-0.25, -0.2) is 14.5 Å². The quantitative estimate of drug-likeness (QED) is 0.467. The summed E-state index contributed by atoms with van der Waals surface area (Å²) in [6.45, 7) is 8.54. The fourth-order valence-electron chi connectivity index (χ4n) is 4.98. The molecule has 4 rings (SSSR count). The van der Waals surface area contributed by atoms with Gasteiger partial charge in [-0.2, -0.15) is 4.98 Å². The van der Waals surface area contributed by atoms with Crippen LogP contribution >= 0.6 is 0 Å². The number of rotatable bonds is 10. The van der Waals surface area contributed by atoms with Crippen LogP contribution in [0.4, 0.5) is 11.6 Å². The fourth-order valence-corrected chi connectivity index (χ4v) is 4.98. The zero-order valence-corrected chi connectivity index (χ0v) is 21.9. The number of pyridine rings is 1. The van der Waals surface area contributed by atoms with Gasteiger partial charge in [-0.15, -0.1) is 5.10 Å². The van der Waals surface area contributed by atoms with E-state index in [-0.39, 0.29) is 6.10 Å². The highest BCUT2D eigenvalue weighted by molar-refractivity contribution is 5.59. The predicted molar refractivity (Wildman–Crippen MR) is 140 cm³/mol. The molecule has 0 bridgehead atoms. The van der Waals surface area contributed by atoms with E-state index in [1.807, 2.05) is 12.4 Å². The number of nitrogens with two attached hydrogens (primary N) is 1. The van der Waals surface area contributed by atoms with Gasteiger partial charge in [0.2, 0.25) is 0 Å². The second-order valence-corrected chi connectivity index (χ2v) is 9.94. The fraction of sp³-hybridized carbons (Fsp3) is 0.615. The SMILES string of the molecule is CCCC(CCC)Oc1nc(N)c2nc(Cc3cnc(N4CCC(N(C)C)CC4)c(C)c3)cn2n1. The van der Waals surface area contributed by atoms with Crippen LogP contribution in [0.2, 0.25) is 0 Å². The van der Waals surface area contributed by atoms with Crippen molar-refractivity contribution in [3.8, 4) is 6.01 Å². The van der Waals surface area contributed by atoms with E-state index in [1.54, 1.807) is 4.52 Å². The molecular weight excluding hydrogens is 440 g/mol. The summed E-state index contributed by atoms with van der Waals surface area (Å²) in [5.41, 5.74) is 9.95. The highest BCUT2D eigenvalue weighted by Crippen LogP contribution is 2.25. The van der Waals surface area contributed by atoms with Crippen molar-refractivity contribution >= 4 is 17.3 Å². The molecule has 1 saturated heterocycles. The molecule has 0 amide bonds. The number of hydrogen-bond donors (Lipinski definition) is 1. The van der Waals surface area contributed by atoms with Gasteiger partial charge in [0.25, 0.3) is 0 Å². The Labute approximate surface area is 208 Å². The number of aromatic nitrogens is 5. The van der Waals surface area contributed by atoms with Crippen LogP contribution < -0.4 is 15.4 Å². The summed E-state index contributed by atoms with van der Waals surface area (Å²) in [6, 6.07) is 3.19. The topological polar surface area (TPSA) is 97.7 Å². The largest absolute Gasteiger partial charge is 0.459 e. The number of piperidine rings is 1. The van der Waals surface area contributed by atoms with Gasteiger partial charge in [0, 0.05) is 31.7 Å². The van der Waals surface area contributed by atoms with Crippen LogP contribution in [0.15, 0.2) is 18.5 Å². The molecule has 9 nitrogen and oxygen atoms in total. The van der Waals surface area contributed by atoms with Crippen molar-refractivity contribution in [2.45, 2.75) is 77.9 Å². The Hall–Kier alpha value is -2.94. The molecule has 4 heterocycles. The number of hydrogen-bond acceptors (Lipinski definition) is 8. The average Bonchev–Trinajstić information content (AvgIpc) is 3.22. The minimum atomic E-state index is 0.103. The molecule has 35 heavy (non-hydrogen) atoms. The molecule has 0 saturated carbocycles. The minimum absolute atomic E-state index is 0.103. The molecule has 0 atom stereocenters. The monoisotopic (exact) mass is 480 g/mol. The Bertz CT molecular complexity index is 1110. The third kappa shape index (κ3) is 6.01. The molecule has 0 radical (unpaired) electrons. The van der Waals surface area contributed by atoms with Gasteiger partial charge in [-0.1, -0.05) is 32.8 Å². The molecule has 2 N–H and O–H groups in total. The van der Waals surface area contributed by atoms with Gasteiger partial charge < -0.3 is 20.3 Å². The number of fused-ring (bicyclic) bond motifs is 1. The highest BCUT2D eigenvalue weighted by atomic mass is 16.5. The second kappa shape index (κ2) is 11.2. The predicted octanol–water partition coefficient (Wildman–Crippen LogP) is 3.88. The van der Waals surface area contributed by atoms with Gasteiger partial charge in [-0.3, -0.25) is 0 Å². The lowest BCUT2D eigenvalue weighted by Crippen LogP contribution is -2.42. The number of nitrogens with zero attached hydrogens (tertiary/aromatic N) is 7. The molecule has 0 aliphatic carbocycles. The van der Waals surface area contributed by atoms with E-state index in [4.69, 9.17) is 15.5 Å². The number of aryl methyl sites for hydroxylation is 1. The first-order valence-electron chi connectivity index (χ1n) is 12.9. The third-order valence-electron chi connectivity index (χ3n) is 6.86. The maximum Gasteiger partial charge on any atom is 0.336 e. The Balaban J connectivity index is 1.46. The number of anilines is 2. The van der Waals surface area contributed by atoms with Gasteiger partial charge in [0.1, 0.15) is 11.9 Å². The van der Waals surface area contributed by atoms with Crippen molar-refractivity contribution in [3.05, 3.63) is 35.3 Å². The van der Waals surface area contributed by atoms with Crippen molar-refractivity contribution in [2.24, 2.45) is 0 Å². The minimum Gasteiger partial charge on any atom is -0.459 e. The van der Waals surface area contributed by atoms with Gasteiger partial charge in [0.05, 0.1) is 11.9 Å². The lowest BCUT2D eigenvalue weighted by Gasteiger charge is -2.36. The molecule has 1 fully saturated rings. The van der Waals surface area contributed by atoms with E-state index >= 15 is 0 Å². The molecule has 9 heteroatoms. The van der Waals surface area contributed by atoms with E-state index < -0.39 is 0 Å². The first-order chi connectivity index (χ1) is 16.9. The maximum absolute atomic E-state index is 6.21. The Kier molecular flexibility index (Phi) is 8.05. The summed E-state index contributed by atoms with van der Waals surface area (Å²) < 4.78 is 7.74. The standard InChI is InChI=1S/C26H40N8O/c1-6-8-22(9-7-2)35-26-30-23(27)25-29-20(17-34(25)31-26)15-19-14-18(3)24(28-16-19)33-12-10-21(11-13-33)32(4)5/h14,16-17,21-22H,6-13,15H2,1-5H3,(H2,27,30,31). The lowest BCUT2D eigenvalue weighted by atomic mass is 10.0. The van der Waals surface area contributed by atoms with Crippen LogP contribution in [-0.4, -0.2) is 68.8 Å². The van der Waals surface area contributed by atoms with Crippen molar-refractivity contribution in [1.29, 1.82) is 0 Å². The molecule has 0 unspecified atom stereocenters. The van der Waals surface area contributed by atoms with E-state index in [2.05, 4.69) is 65.8 Å². The van der Waals surface area contributed by atoms with E-state index in [9.17, 15) is 0 Å². The molecule has 1 aliphatic rings. The van der Waals surface area contributed by atoms with Crippen LogP contribution in [0.5, 0.6) is 6.01 Å². The smallest absolute Gasteiger partial charge is 0.336 e. The molecule has 3 aromatic rings. The number of nitrogen functional groups attached to an aromatic ring is 1. The zero-order chi connectivity index (χ0) is 24.9. The summed E-state index contributed by atoms with van der Waals surface area (Å²) in [6.07, 6.45) is 11.0. The van der Waals surface area contributed by atoms with Crippen LogP contribution in [0.3, 0.4) is 0 Å². The summed E-state index contributed by atoms with van der Waals surface area (Å²) in [4.78, 5) is 18.6. The van der Waals surface area contributed by atoms with E-state index in [0.717, 1.165) is 55.8 Å². The Morgan fingerprint density at radius 3 is 2.49 bits per heavy atom. The van der Waals surface area contributed by atoms with Gasteiger partial charge in [0.15, 0.2) is 11.5 Å². The third-order valence-corrected chi connectivity index (χ3v) is 6.86. The van der Waals surface area contributed by atoms with Crippen LogP contribution in [0.25, 0.3) is 5.65 Å². The van der Waals surface area contributed by atoms with Crippen molar-refractivity contribution < 1.29 is 4.74 Å². The van der Waals surface area contributed by atoms with Crippen molar-refractivity contribution in [2.75, 3.05) is 37.8 Å². The molecule has 3 aromatic heterocycles. The molecular formula is C26H40N8O. The van der Waals surface area contributed by atoms with Crippen molar-refractivity contribution in [1.82, 2.24) is 29.5 Å². The average molecular weight is 481 g/mol. The van der Waals surface area contributed by atoms with E-state index in [1.165, 1.54) is 18.4 Å². The summed E-state index contributed by atoms with van der Waals surface area (Å²) >= 11 is 0. The number of imidazole rings is 1. The molecule has 190 valence electrons.